The largest absolute Gasteiger partial charge is 0.360 e. The number of nitrogens with zero attached hydrogens (tertiary/aromatic N) is 5. The lowest BCUT2D eigenvalue weighted by atomic mass is 10.2. The molecule has 3 rings (SSSR count). The molecule has 112 valence electrons. The van der Waals surface area contributed by atoms with Crippen molar-refractivity contribution in [3.05, 3.63) is 24.5 Å². The predicted octanol–water partition coefficient (Wildman–Crippen LogP) is 0.678. The van der Waals surface area contributed by atoms with Crippen LogP contribution in [0.5, 0.6) is 0 Å². The summed E-state index contributed by atoms with van der Waals surface area (Å²) >= 11 is 0. The van der Waals surface area contributed by atoms with Crippen molar-refractivity contribution in [1.29, 1.82) is 0 Å². The molecule has 0 radical (unpaired) electrons. The van der Waals surface area contributed by atoms with E-state index < -0.39 is 0 Å². The fourth-order valence-electron chi connectivity index (χ4n) is 2.65. The SMILES string of the molecule is Cc1cc(NC(=O)CN2CCC[C@H]2Cn2cncn2)no1. The van der Waals surface area contributed by atoms with Crippen LogP contribution in [0, 0.1) is 6.92 Å². The van der Waals surface area contributed by atoms with Gasteiger partial charge in [-0.25, -0.2) is 4.98 Å². The van der Waals surface area contributed by atoms with Crippen LogP contribution in [0.4, 0.5) is 5.82 Å². The topological polar surface area (TPSA) is 89.1 Å². The third-order valence-electron chi connectivity index (χ3n) is 3.61. The van der Waals surface area contributed by atoms with Crippen molar-refractivity contribution in [2.75, 3.05) is 18.4 Å². The smallest absolute Gasteiger partial charge is 0.239 e. The van der Waals surface area contributed by atoms with Gasteiger partial charge in [0.2, 0.25) is 5.91 Å². The first-order valence-corrected chi connectivity index (χ1v) is 7.00. The zero-order valence-corrected chi connectivity index (χ0v) is 11.9. The van der Waals surface area contributed by atoms with Crippen molar-refractivity contribution in [2.24, 2.45) is 0 Å². The summed E-state index contributed by atoms with van der Waals surface area (Å²) in [4.78, 5) is 18.2. The monoisotopic (exact) mass is 290 g/mol. The molecule has 0 unspecified atom stereocenters. The lowest BCUT2D eigenvalue weighted by Crippen LogP contribution is -2.39. The number of aromatic nitrogens is 4. The number of anilines is 1. The van der Waals surface area contributed by atoms with Gasteiger partial charge in [-0.1, -0.05) is 5.16 Å². The molecule has 2 aromatic rings. The summed E-state index contributed by atoms with van der Waals surface area (Å²) in [5.74, 6) is 1.06. The van der Waals surface area contributed by atoms with E-state index in [4.69, 9.17) is 4.52 Å². The number of rotatable bonds is 5. The maximum atomic E-state index is 12.1. The number of amides is 1. The number of carbonyl (C=O) groups is 1. The van der Waals surface area contributed by atoms with E-state index in [2.05, 4.69) is 25.5 Å². The zero-order chi connectivity index (χ0) is 14.7. The molecule has 1 saturated heterocycles. The summed E-state index contributed by atoms with van der Waals surface area (Å²) in [6.45, 7) is 3.82. The molecule has 1 N–H and O–H groups in total. The van der Waals surface area contributed by atoms with E-state index >= 15 is 0 Å². The van der Waals surface area contributed by atoms with E-state index in [0.29, 0.717) is 24.2 Å². The van der Waals surface area contributed by atoms with E-state index in [1.54, 1.807) is 19.3 Å². The second-order valence-corrected chi connectivity index (χ2v) is 5.26. The van der Waals surface area contributed by atoms with Gasteiger partial charge in [0.1, 0.15) is 18.4 Å². The summed E-state index contributed by atoms with van der Waals surface area (Å²) in [6.07, 6.45) is 5.39. The molecular formula is C13H18N6O2. The summed E-state index contributed by atoms with van der Waals surface area (Å²) in [7, 11) is 0. The van der Waals surface area contributed by atoms with Crippen LogP contribution in [-0.4, -0.2) is 49.9 Å². The Morgan fingerprint density at radius 3 is 3.19 bits per heavy atom. The molecule has 1 amide bonds. The van der Waals surface area contributed by atoms with E-state index in [1.165, 1.54) is 6.33 Å². The van der Waals surface area contributed by atoms with Crippen LogP contribution in [-0.2, 0) is 11.3 Å². The van der Waals surface area contributed by atoms with Gasteiger partial charge in [-0.15, -0.1) is 0 Å². The average molecular weight is 290 g/mol. The molecule has 0 saturated carbocycles. The molecule has 3 heterocycles. The summed E-state index contributed by atoms with van der Waals surface area (Å²) in [6, 6.07) is 2.02. The molecule has 2 aromatic heterocycles. The fraction of sp³-hybridized carbons (Fsp3) is 0.538. The Kier molecular flexibility index (Phi) is 3.96. The van der Waals surface area contributed by atoms with E-state index in [1.807, 2.05) is 4.68 Å². The summed E-state index contributed by atoms with van der Waals surface area (Å²) < 4.78 is 6.74. The molecule has 21 heavy (non-hydrogen) atoms. The highest BCUT2D eigenvalue weighted by Gasteiger charge is 2.26. The third-order valence-corrected chi connectivity index (χ3v) is 3.61. The normalized spacial score (nSPS) is 19.0. The Labute approximate surface area is 122 Å². The number of hydrogen-bond acceptors (Lipinski definition) is 6. The van der Waals surface area contributed by atoms with E-state index in [9.17, 15) is 4.79 Å². The van der Waals surface area contributed by atoms with Gasteiger partial charge >= 0.3 is 0 Å². The van der Waals surface area contributed by atoms with Crippen molar-refractivity contribution < 1.29 is 9.32 Å². The molecular weight excluding hydrogens is 272 g/mol. The number of carbonyl (C=O) groups excluding carboxylic acids is 1. The second kappa shape index (κ2) is 6.04. The highest BCUT2D eigenvalue weighted by Crippen LogP contribution is 2.18. The van der Waals surface area contributed by atoms with Crippen molar-refractivity contribution in [3.63, 3.8) is 0 Å². The number of aryl methyl sites for hydroxylation is 1. The molecule has 1 aliphatic rings. The Hall–Kier alpha value is -2.22. The number of nitrogens with one attached hydrogen (secondary N) is 1. The molecule has 0 bridgehead atoms. The van der Waals surface area contributed by atoms with Crippen LogP contribution in [0.1, 0.15) is 18.6 Å². The Bertz CT molecular complexity index is 594. The van der Waals surface area contributed by atoms with Crippen LogP contribution in [0.2, 0.25) is 0 Å². The summed E-state index contributed by atoms with van der Waals surface area (Å²) in [5.41, 5.74) is 0. The zero-order valence-electron chi connectivity index (χ0n) is 11.9. The third kappa shape index (κ3) is 3.46. The van der Waals surface area contributed by atoms with Gasteiger partial charge in [-0.05, 0) is 26.3 Å². The first-order chi connectivity index (χ1) is 10.2. The van der Waals surface area contributed by atoms with Crippen LogP contribution in [0.15, 0.2) is 23.2 Å². The molecule has 0 aromatic carbocycles. The van der Waals surface area contributed by atoms with Crippen LogP contribution in [0.3, 0.4) is 0 Å². The van der Waals surface area contributed by atoms with Crippen LogP contribution in [0.25, 0.3) is 0 Å². The number of likely N-dealkylation sites (tertiary alicyclic amines) is 1. The lowest BCUT2D eigenvalue weighted by molar-refractivity contribution is -0.117. The molecule has 0 spiro atoms. The Balaban J connectivity index is 1.54. The van der Waals surface area contributed by atoms with Gasteiger partial charge in [0.25, 0.3) is 0 Å². The fourth-order valence-corrected chi connectivity index (χ4v) is 2.65. The van der Waals surface area contributed by atoms with Gasteiger partial charge in [0.05, 0.1) is 13.1 Å². The van der Waals surface area contributed by atoms with Gasteiger partial charge in [-0.3, -0.25) is 14.4 Å². The quantitative estimate of drug-likeness (QED) is 0.871. The molecule has 0 aliphatic carbocycles. The standard InChI is InChI=1S/C13H18N6O2/c1-10-5-12(17-21-10)16-13(20)7-18-4-2-3-11(18)6-19-9-14-8-15-19/h5,8-9,11H,2-4,6-7H2,1H3,(H,16,17,20)/t11-/m0/s1. The average Bonchev–Trinajstić information content (AvgIpc) is 3.15. The molecule has 8 heteroatoms. The maximum absolute atomic E-state index is 12.1. The van der Waals surface area contributed by atoms with E-state index in [-0.39, 0.29) is 5.91 Å². The van der Waals surface area contributed by atoms with Crippen molar-refractivity contribution in [2.45, 2.75) is 32.4 Å². The van der Waals surface area contributed by atoms with Gasteiger partial charge in [-0.2, -0.15) is 5.10 Å². The highest BCUT2D eigenvalue weighted by atomic mass is 16.5. The molecule has 1 fully saturated rings. The first-order valence-electron chi connectivity index (χ1n) is 7.00. The van der Waals surface area contributed by atoms with Crippen LogP contribution >= 0.6 is 0 Å². The molecule has 1 atom stereocenters. The first kappa shape index (κ1) is 13.7. The highest BCUT2D eigenvalue weighted by molar-refractivity contribution is 5.91. The Morgan fingerprint density at radius 2 is 2.48 bits per heavy atom. The van der Waals surface area contributed by atoms with Gasteiger partial charge in [0, 0.05) is 12.1 Å². The lowest BCUT2D eigenvalue weighted by Gasteiger charge is -2.23. The Morgan fingerprint density at radius 1 is 1.57 bits per heavy atom. The van der Waals surface area contributed by atoms with Gasteiger partial charge in [0.15, 0.2) is 5.82 Å². The predicted molar refractivity (Wildman–Crippen MR) is 74.5 cm³/mol. The summed E-state index contributed by atoms with van der Waals surface area (Å²) in [5, 5.41) is 10.6. The molecule has 1 aliphatic heterocycles. The van der Waals surface area contributed by atoms with Crippen molar-refractivity contribution in [1.82, 2.24) is 24.8 Å². The second-order valence-electron chi connectivity index (χ2n) is 5.26. The minimum absolute atomic E-state index is 0.0752. The van der Waals surface area contributed by atoms with Crippen LogP contribution < -0.4 is 5.32 Å². The maximum Gasteiger partial charge on any atom is 0.239 e. The minimum atomic E-state index is -0.0752. The van der Waals surface area contributed by atoms with E-state index in [0.717, 1.165) is 25.9 Å². The minimum Gasteiger partial charge on any atom is -0.360 e. The van der Waals surface area contributed by atoms with Crippen molar-refractivity contribution in [3.8, 4) is 0 Å². The van der Waals surface area contributed by atoms with Crippen molar-refractivity contribution >= 4 is 11.7 Å². The number of hydrogen-bond donors (Lipinski definition) is 1. The van der Waals surface area contributed by atoms with Gasteiger partial charge < -0.3 is 9.84 Å². The molecule has 8 nitrogen and oxygen atoms in total.